The lowest BCUT2D eigenvalue weighted by Gasteiger charge is -2.14. The van der Waals surface area contributed by atoms with Crippen molar-refractivity contribution in [2.45, 2.75) is 26.4 Å². The quantitative estimate of drug-likeness (QED) is 0.858. The van der Waals surface area contributed by atoms with Gasteiger partial charge in [-0.3, -0.25) is 18.7 Å². The van der Waals surface area contributed by atoms with Crippen LogP contribution in [-0.4, -0.2) is 15.0 Å². The van der Waals surface area contributed by atoms with Gasteiger partial charge in [-0.25, -0.2) is 4.79 Å². The largest absolute Gasteiger partial charge is 0.368 e. The number of fused-ring (bicyclic) bond motifs is 1. The minimum absolute atomic E-state index is 0.244. The molecule has 0 spiro atoms. The van der Waals surface area contributed by atoms with E-state index < -0.39 is 11.6 Å². The Morgan fingerprint density at radius 3 is 2.47 bits per heavy atom. The Kier molecular flexibility index (Phi) is 3.25. The number of benzene rings is 1. The summed E-state index contributed by atoms with van der Waals surface area (Å²) in [4.78, 5) is 35.7. The number of carbonyl (C=O) groups excluding carboxylic acids is 1. The summed E-state index contributed by atoms with van der Waals surface area (Å²) in [5.41, 5.74) is 4.72. The highest BCUT2D eigenvalue weighted by Gasteiger charge is 2.15. The van der Waals surface area contributed by atoms with Gasteiger partial charge in [0.15, 0.2) is 0 Å². The molecule has 0 aliphatic heterocycles. The molecule has 1 amide bonds. The number of para-hydroxylation sites is 1. The van der Waals surface area contributed by atoms with Crippen LogP contribution in [0.2, 0.25) is 0 Å². The molecule has 0 fully saturated rings. The minimum Gasteiger partial charge on any atom is -0.368 e. The second kappa shape index (κ2) is 4.72. The van der Waals surface area contributed by atoms with E-state index >= 15 is 0 Å². The first-order valence-electron chi connectivity index (χ1n) is 5.96. The summed E-state index contributed by atoms with van der Waals surface area (Å²) in [6.45, 7) is 3.24. The third kappa shape index (κ3) is 2.16. The summed E-state index contributed by atoms with van der Waals surface area (Å²) >= 11 is 0. The fourth-order valence-corrected chi connectivity index (χ4v) is 2.10. The van der Waals surface area contributed by atoms with E-state index in [0.29, 0.717) is 10.9 Å². The van der Waals surface area contributed by atoms with Crippen LogP contribution in [0.3, 0.4) is 0 Å². The molecule has 1 heterocycles. The van der Waals surface area contributed by atoms with Gasteiger partial charge in [-0.15, -0.1) is 0 Å². The van der Waals surface area contributed by atoms with E-state index in [1.54, 1.807) is 38.1 Å². The van der Waals surface area contributed by atoms with E-state index in [1.165, 1.54) is 4.57 Å². The lowest BCUT2D eigenvalue weighted by molar-refractivity contribution is -0.118. The first-order valence-corrected chi connectivity index (χ1v) is 5.96. The van der Waals surface area contributed by atoms with E-state index in [0.717, 1.165) is 4.57 Å². The Bertz CT molecular complexity index is 756. The smallest absolute Gasteiger partial charge is 0.332 e. The molecule has 1 aromatic carbocycles. The van der Waals surface area contributed by atoms with Gasteiger partial charge in [0.05, 0.1) is 10.9 Å². The number of primary amides is 1. The van der Waals surface area contributed by atoms with Crippen molar-refractivity contribution in [2.75, 3.05) is 0 Å². The zero-order valence-corrected chi connectivity index (χ0v) is 10.8. The molecule has 0 unspecified atom stereocenters. The summed E-state index contributed by atoms with van der Waals surface area (Å²) in [6, 6.07) is 6.40. The summed E-state index contributed by atoms with van der Waals surface area (Å²) < 4.78 is 2.37. The third-order valence-corrected chi connectivity index (χ3v) is 2.91. The molecule has 100 valence electrons. The van der Waals surface area contributed by atoms with Crippen molar-refractivity contribution in [2.24, 2.45) is 5.73 Å². The Labute approximate surface area is 109 Å². The number of nitrogens with zero attached hydrogens (tertiary/aromatic N) is 2. The molecule has 1 aromatic heterocycles. The van der Waals surface area contributed by atoms with Crippen LogP contribution in [0.5, 0.6) is 0 Å². The van der Waals surface area contributed by atoms with Gasteiger partial charge in [0.2, 0.25) is 5.91 Å². The number of hydrogen-bond donors (Lipinski definition) is 1. The van der Waals surface area contributed by atoms with Gasteiger partial charge in [0.1, 0.15) is 6.54 Å². The molecule has 0 aliphatic carbocycles. The average Bonchev–Trinajstić information content (AvgIpc) is 2.34. The molecular formula is C13H15N3O3. The highest BCUT2D eigenvalue weighted by atomic mass is 16.2. The van der Waals surface area contributed by atoms with Crippen molar-refractivity contribution < 1.29 is 4.79 Å². The fraction of sp³-hybridized carbons (Fsp3) is 0.308. The molecular weight excluding hydrogens is 246 g/mol. The number of amides is 1. The number of carbonyl (C=O) groups is 1. The predicted molar refractivity (Wildman–Crippen MR) is 72.0 cm³/mol. The molecule has 6 heteroatoms. The van der Waals surface area contributed by atoms with Crippen LogP contribution < -0.4 is 17.0 Å². The zero-order valence-electron chi connectivity index (χ0n) is 10.8. The molecule has 0 radical (unpaired) electrons. The van der Waals surface area contributed by atoms with Crippen molar-refractivity contribution in [1.82, 2.24) is 9.13 Å². The molecule has 0 aliphatic rings. The Balaban J connectivity index is 2.97. The molecule has 0 saturated carbocycles. The van der Waals surface area contributed by atoms with Gasteiger partial charge in [0, 0.05) is 6.04 Å². The topological polar surface area (TPSA) is 87.1 Å². The van der Waals surface area contributed by atoms with Crippen molar-refractivity contribution in [3.05, 3.63) is 45.1 Å². The average molecular weight is 261 g/mol. The monoisotopic (exact) mass is 261 g/mol. The minimum atomic E-state index is -0.624. The number of hydrogen-bond acceptors (Lipinski definition) is 3. The Morgan fingerprint density at radius 1 is 1.26 bits per heavy atom. The lowest BCUT2D eigenvalue weighted by Crippen LogP contribution is -2.42. The second-order valence-corrected chi connectivity index (χ2v) is 4.62. The summed E-state index contributed by atoms with van der Waals surface area (Å²) in [7, 11) is 0. The van der Waals surface area contributed by atoms with E-state index in [1.807, 2.05) is 0 Å². The lowest BCUT2D eigenvalue weighted by atomic mass is 10.2. The first-order chi connectivity index (χ1) is 8.93. The maximum Gasteiger partial charge on any atom is 0.332 e. The predicted octanol–water partition coefficient (Wildman–Crippen LogP) is 0.229. The number of nitrogens with two attached hydrogens (primary N) is 1. The van der Waals surface area contributed by atoms with Gasteiger partial charge in [-0.1, -0.05) is 12.1 Å². The Hall–Kier alpha value is -2.37. The van der Waals surface area contributed by atoms with E-state index in [4.69, 9.17) is 5.73 Å². The van der Waals surface area contributed by atoms with Crippen LogP contribution in [0.4, 0.5) is 0 Å². The maximum atomic E-state index is 12.3. The molecule has 6 nitrogen and oxygen atoms in total. The van der Waals surface area contributed by atoms with E-state index in [9.17, 15) is 14.4 Å². The van der Waals surface area contributed by atoms with Gasteiger partial charge >= 0.3 is 5.69 Å². The van der Waals surface area contributed by atoms with Crippen molar-refractivity contribution in [3.63, 3.8) is 0 Å². The SMILES string of the molecule is CC(C)n1c(=O)c2ccccc2n(CC(N)=O)c1=O. The normalized spacial score (nSPS) is 11.1. The molecule has 19 heavy (non-hydrogen) atoms. The van der Waals surface area contributed by atoms with Gasteiger partial charge in [-0.2, -0.15) is 0 Å². The van der Waals surface area contributed by atoms with Crippen LogP contribution in [0.1, 0.15) is 19.9 Å². The molecule has 0 saturated heterocycles. The van der Waals surface area contributed by atoms with Gasteiger partial charge < -0.3 is 5.73 Å². The van der Waals surface area contributed by atoms with Gasteiger partial charge in [0.25, 0.3) is 5.56 Å². The molecule has 2 rings (SSSR count). The van der Waals surface area contributed by atoms with Crippen LogP contribution >= 0.6 is 0 Å². The summed E-state index contributed by atoms with van der Waals surface area (Å²) in [5.74, 6) is -0.624. The number of rotatable bonds is 3. The highest BCUT2D eigenvalue weighted by molar-refractivity contribution is 5.80. The molecule has 0 atom stereocenters. The first kappa shape index (κ1) is 13.1. The van der Waals surface area contributed by atoms with Gasteiger partial charge in [-0.05, 0) is 26.0 Å². The fourth-order valence-electron chi connectivity index (χ4n) is 2.10. The van der Waals surface area contributed by atoms with Crippen LogP contribution in [0, 0.1) is 0 Å². The molecule has 2 N–H and O–H groups in total. The highest BCUT2D eigenvalue weighted by Crippen LogP contribution is 2.08. The molecule has 0 bridgehead atoms. The number of aromatic nitrogens is 2. The standard InChI is InChI=1S/C13H15N3O3/c1-8(2)16-12(18)9-5-3-4-6-10(9)15(13(16)19)7-11(14)17/h3-6,8H,7H2,1-2H3,(H2,14,17). The van der Waals surface area contributed by atoms with Crippen LogP contribution in [0.25, 0.3) is 10.9 Å². The summed E-state index contributed by atoms with van der Waals surface area (Å²) in [5, 5.41) is 0.400. The van der Waals surface area contributed by atoms with E-state index in [2.05, 4.69) is 0 Å². The molecule has 2 aromatic rings. The van der Waals surface area contributed by atoms with Crippen molar-refractivity contribution in [3.8, 4) is 0 Å². The third-order valence-electron chi connectivity index (χ3n) is 2.91. The van der Waals surface area contributed by atoms with Crippen LogP contribution in [-0.2, 0) is 11.3 Å². The Morgan fingerprint density at radius 2 is 1.89 bits per heavy atom. The summed E-state index contributed by atoms with van der Waals surface area (Å²) in [6.07, 6.45) is 0. The van der Waals surface area contributed by atoms with Crippen molar-refractivity contribution >= 4 is 16.8 Å². The zero-order chi connectivity index (χ0) is 14.2. The van der Waals surface area contributed by atoms with Crippen molar-refractivity contribution in [1.29, 1.82) is 0 Å². The maximum absolute atomic E-state index is 12.3. The van der Waals surface area contributed by atoms with Crippen LogP contribution in [0.15, 0.2) is 33.9 Å². The second-order valence-electron chi connectivity index (χ2n) is 4.62. The van der Waals surface area contributed by atoms with E-state index in [-0.39, 0.29) is 18.1 Å².